The Morgan fingerprint density at radius 1 is 1.31 bits per heavy atom. The Balaban J connectivity index is 0.00000323. The summed E-state index contributed by atoms with van der Waals surface area (Å²) in [5.74, 6) is 0.513. The number of hydrogen-bond donors (Lipinski definition) is 1. The minimum Gasteiger partial charge on any atom is -0.378 e. The van der Waals surface area contributed by atoms with Gasteiger partial charge in [-0.05, 0) is 19.9 Å². The number of fused-ring (bicyclic) bond motifs is 2. The van der Waals surface area contributed by atoms with Gasteiger partial charge in [0.05, 0.1) is 60.2 Å². The SMILES string of the molecule is CC1OCC1(C#N)NS(=O)(=O)c1cc(N2C[C@@H]3COCCN3[C@@H](C)C2)n2ncc(-c3nnc(C(F)F)s3)c2c1.[HH]. The zero-order valence-corrected chi connectivity index (χ0v) is 22.8. The summed E-state index contributed by atoms with van der Waals surface area (Å²) >= 11 is 0.723. The molecule has 3 fully saturated rings. The van der Waals surface area contributed by atoms with E-state index in [4.69, 9.17) is 9.47 Å². The molecule has 16 heteroatoms. The van der Waals surface area contributed by atoms with E-state index in [2.05, 4.69) is 36.7 Å². The summed E-state index contributed by atoms with van der Waals surface area (Å²) in [5.41, 5.74) is -0.649. The van der Waals surface area contributed by atoms with E-state index in [1.54, 1.807) is 11.4 Å². The van der Waals surface area contributed by atoms with E-state index in [1.807, 2.05) is 6.07 Å². The van der Waals surface area contributed by atoms with Gasteiger partial charge in [0.2, 0.25) is 10.0 Å². The Labute approximate surface area is 228 Å². The van der Waals surface area contributed by atoms with E-state index in [0.717, 1.165) is 17.9 Å². The predicted molar refractivity (Wildman–Crippen MR) is 138 cm³/mol. The van der Waals surface area contributed by atoms with Gasteiger partial charge in [0.25, 0.3) is 6.43 Å². The topological polar surface area (TPSA) is 138 Å². The summed E-state index contributed by atoms with van der Waals surface area (Å²) in [6, 6.07) is 5.25. The van der Waals surface area contributed by atoms with E-state index in [0.29, 0.717) is 43.2 Å². The molecule has 0 bridgehead atoms. The molecule has 0 radical (unpaired) electrons. The summed E-state index contributed by atoms with van der Waals surface area (Å²) in [6.07, 6.45) is -1.93. The first-order chi connectivity index (χ1) is 18.6. The number of rotatable bonds is 6. The molecule has 0 saturated carbocycles. The smallest absolute Gasteiger partial charge is 0.291 e. The zero-order valence-electron chi connectivity index (χ0n) is 21.1. The molecule has 0 amide bonds. The van der Waals surface area contributed by atoms with Crippen LogP contribution in [0.5, 0.6) is 0 Å². The minimum absolute atomic E-state index is 0. The quantitative estimate of drug-likeness (QED) is 0.459. The first kappa shape index (κ1) is 26.4. The van der Waals surface area contributed by atoms with Crippen molar-refractivity contribution in [3.8, 4) is 16.6 Å². The summed E-state index contributed by atoms with van der Waals surface area (Å²) in [7, 11) is -4.21. The monoisotopic (exact) mass is 582 g/mol. The van der Waals surface area contributed by atoms with Crippen molar-refractivity contribution in [1.29, 1.82) is 5.26 Å². The minimum atomic E-state index is -4.21. The van der Waals surface area contributed by atoms with Crippen LogP contribution in [0.1, 0.15) is 26.7 Å². The second-order valence-corrected chi connectivity index (χ2v) is 12.7. The van der Waals surface area contributed by atoms with Gasteiger partial charge in [-0.2, -0.15) is 15.1 Å². The molecule has 3 aromatic heterocycles. The largest absolute Gasteiger partial charge is 0.378 e. The lowest BCUT2D eigenvalue weighted by Crippen LogP contribution is -2.66. The molecule has 6 rings (SSSR count). The molecule has 6 heterocycles. The Hall–Kier alpha value is -2.81. The lowest BCUT2D eigenvalue weighted by Gasteiger charge is -2.48. The highest BCUT2D eigenvalue weighted by atomic mass is 32.2. The van der Waals surface area contributed by atoms with E-state index in [1.165, 1.54) is 18.3 Å². The standard InChI is InChI=1S/C23H26F2N8O4S2.H2/c1-13-8-31(9-15-10-36-4-3-32(13)15)19-6-16(39(34,35)30-23(11-26)12-37-14(23)2)5-18-17(7-27-33(18)19)21-28-29-22(38-21)20(24)25;/h5-7,13-15,20,30H,3-4,8-10,12H2,1-2H3;1H/t13-,14?,15+,23?;/m0./s1. The van der Waals surface area contributed by atoms with Gasteiger partial charge in [-0.1, -0.05) is 11.3 Å². The van der Waals surface area contributed by atoms with Crippen molar-refractivity contribution < 1.29 is 28.1 Å². The first-order valence-corrected chi connectivity index (χ1v) is 14.7. The van der Waals surface area contributed by atoms with Gasteiger partial charge < -0.3 is 14.4 Å². The number of pyridine rings is 1. The predicted octanol–water partition coefficient (Wildman–Crippen LogP) is 1.91. The second kappa shape index (κ2) is 9.68. The summed E-state index contributed by atoms with van der Waals surface area (Å²) in [6.45, 7) is 6.89. The first-order valence-electron chi connectivity index (χ1n) is 12.4. The molecule has 0 aliphatic carbocycles. The number of sulfonamides is 1. The third-order valence-electron chi connectivity index (χ3n) is 7.59. The number of piperazine rings is 1. The number of nitrogens with one attached hydrogen (secondary N) is 1. The summed E-state index contributed by atoms with van der Waals surface area (Å²) < 4.78 is 68.9. The van der Waals surface area contributed by atoms with Crippen molar-refractivity contribution in [3.63, 3.8) is 0 Å². The lowest BCUT2D eigenvalue weighted by molar-refractivity contribution is -0.102. The van der Waals surface area contributed by atoms with Crippen LogP contribution >= 0.6 is 11.3 Å². The molecule has 0 spiro atoms. The van der Waals surface area contributed by atoms with Gasteiger partial charge in [-0.3, -0.25) is 4.90 Å². The van der Waals surface area contributed by atoms with Gasteiger partial charge in [-0.15, -0.1) is 10.2 Å². The number of nitrogens with zero attached hydrogens (tertiary/aromatic N) is 7. The molecule has 3 saturated heterocycles. The number of ether oxygens (including phenoxy) is 2. The van der Waals surface area contributed by atoms with E-state index in [-0.39, 0.29) is 30.0 Å². The van der Waals surface area contributed by atoms with Gasteiger partial charge >= 0.3 is 0 Å². The van der Waals surface area contributed by atoms with E-state index in [9.17, 15) is 22.5 Å². The van der Waals surface area contributed by atoms with Crippen molar-refractivity contribution in [2.45, 2.75) is 48.9 Å². The van der Waals surface area contributed by atoms with E-state index >= 15 is 0 Å². The maximum absolute atomic E-state index is 13.7. The summed E-state index contributed by atoms with van der Waals surface area (Å²) in [4.78, 5) is 4.35. The second-order valence-electron chi connectivity index (χ2n) is 10.0. The molecule has 12 nitrogen and oxygen atoms in total. The average Bonchev–Trinajstić information content (AvgIpc) is 3.58. The normalized spacial score (nSPS) is 27.9. The van der Waals surface area contributed by atoms with Crippen molar-refractivity contribution in [3.05, 3.63) is 23.3 Å². The number of hydrogen-bond acceptors (Lipinski definition) is 11. The number of halogens is 2. The fourth-order valence-electron chi connectivity index (χ4n) is 5.34. The van der Waals surface area contributed by atoms with Crippen LogP contribution in [0.2, 0.25) is 0 Å². The number of aromatic nitrogens is 4. The fraction of sp³-hybridized carbons (Fsp3) is 0.565. The lowest BCUT2D eigenvalue weighted by atomic mass is 9.92. The number of anilines is 1. The maximum Gasteiger partial charge on any atom is 0.291 e. The van der Waals surface area contributed by atoms with E-state index < -0.39 is 33.1 Å². The van der Waals surface area contributed by atoms with Crippen LogP contribution in [0.15, 0.2) is 23.2 Å². The molecule has 1 N–H and O–H groups in total. The molecule has 39 heavy (non-hydrogen) atoms. The highest BCUT2D eigenvalue weighted by Crippen LogP contribution is 2.36. The highest BCUT2D eigenvalue weighted by Gasteiger charge is 2.49. The number of morpholine rings is 1. The Kier molecular flexibility index (Phi) is 6.56. The van der Waals surface area contributed by atoms with Crippen LogP contribution in [-0.4, -0.2) is 96.3 Å². The van der Waals surface area contributed by atoms with Crippen LogP contribution in [0, 0.1) is 11.3 Å². The van der Waals surface area contributed by atoms with Crippen LogP contribution in [0.4, 0.5) is 14.6 Å². The van der Waals surface area contributed by atoms with Crippen molar-refractivity contribution >= 4 is 32.7 Å². The molecule has 3 aliphatic rings. The van der Waals surface area contributed by atoms with Crippen LogP contribution < -0.4 is 9.62 Å². The van der Waals surface area contributed by atoms with Crippen LogP contribution in [-0.2, 0) is 19.5 Å². The molecule has 0 aromatic carbocycles. The molecule has 4 atom stereocenters. The Bertz CT molecular complexity index is 1560. The fourth-order valence-corrected chi connectivity index (χ4v) is 7.45. The zero-order chi connectivity index (χ0) is 27.5. The van der Waals surface area contributed by atoms with Gasteiger partial charge in [0.15, 0.2) is 15.6 Å². The molecule has 3 aliphatic heterocycles. The summed E-state index contributed by atoms with van der Waals surface area (Å²) in [5, 5.41) is 21.5. The van der Waals surface area contributed by atoms with Crippen molar-refractivity contribution in [2.75, 3.05) is 44.4 Å². The van der Waals surface area contributed by atoms with Crippen LogP contribution in [0.3, 0.4) is 0 Å². The van der Waals surface area contributed by atoms with Gasteiger partial charge in [0, 0.05) is 33.2 Å². The van der Waals surface area contributed by atoms with Gasteiger partial charge in [0.1, 0.15) is 5.82 Å². The molecule has 2 unspecified atom stereocenters. The molecular formula is C23H28F2N8O4S2. The third kappa shape index (κ3) is 4.46. The Morgan fingerprint density at radius 2 is 2.13 bits per heavy atom. The average molecular weight is 583 g/mol. The number of alkyl halides is 2. The highest BCUT2D eigenvalue weighted by molar-refractivity contribution is 7.89. The Morgan fingerprint density at radius 3 is 2.79 bits per heavy atom. The molecular weight excluding hydrogens is 554 g/mol. The van der Waals surface area contributed by atoms with Crippen molar-refractivity contribution in [1.82, 2.24) is 29.4 Å². The number of nitriles is 1. The van der Waals surface area contributed by atoms with Gasteiger partial charge in [-0.25, -0.2) is 21.7 Å². The molecule has 210 valence electrons. The van der Waals surface area contributed by atoms with Crippen molar-refractivity contribution in [2.24, 2.45) is 0 Å². The third-order valence-corrected chi connectivity index (χ3v) is 10.0. The maximum atomic E-state index is 13.7. The van der Waals surface area contributed by atoms with Crippen LogP contribution in [0.25, 0.3) is 16.1 Å². The molecule has 3 aromatic rings.